The van der Waals surface area contributed by atoms with Crippen molar-refractivity contribution >= 4 is 5.97 Å². The highest BCUT2D eigenvalue weighted by molar-refractivity contribution is 5.86. The van der Waals surface area contributed by atoms with E-state index in [0.717, 1.165) is 6.07 Å². The number of aromatic carboxylic acids is 1. The lowest BCUT2D eigenvalue weighted by molar-refractivity contribution is 0.0652. The van der Waals surface area contributed by atoms with E-state index in [1.165, 1.54) is 20.3 Å². The van der Waals surface area contributed by atoms with Crippen LogP contribution in [0.3, 0.4) is 0 Å². The van der Waals surface area contributed by atoms with Crippen LogP contribution in [0.25, 0.3) is 11.3 Å². The number of ether oxygens (including phenoxy) is 2. The third-order valence-corrected chi connectivity index (χ3v) is 2.58. The Hall–Kier alpha value is -2.77. The van der Waals surface area contributed by atoms with Crippen LogP contribution in [-0.2, 0) is 0 Å². The third-order valence-electron chi connectivity index (χ3n) is 2.58. The number of halogens is 1. The molecule has 0 saturated heterocycles. The number of hydrogen-bond donors (Lipinski definition) is 2. The summed E-state index contributed by atoms with van der Waals surface area (Å²) >= 11 is 0. The number of aromatic hydroxyl groups is 1. The van der Waals surface area contributed by atoms with Gasteiger partial charge in [0.2, 0.25) is 17.3 Å². The Balaban J connectivity index is 2.61. The maximum Gasteiger partial charge on any atom is 0.374 e. The van der Waals surface area contributed by atoms with Crippen molar-refractivity contribution in [2.45, 2.75) is 0 Å². The van der Waals surface area contributed by atoms with Gasteiger partial charge in [-0.25, -0.2) is 4.79 Å². The number of benzene rings is 1. The molecule has 1 aromatic carbocycles. The summed E-state index contributed by atoms with van der Waals surface area (Å²) in [4.78, 5) is 10.7. The van der Waals surface area contributed by atoms with Crippen molar-refractivity contribution in [3.05, 3.63) is 23.7 Å². The van der Waals surface area contributed by atoms with Crippen molar-refractivity contribution in [3.63, 3.8) is 0 Å². The molecule has 1 aromatic heterocycles. The summed E-state index contributed by atoms with van der Waals surface area (Å²) in [5, 5.41) is 22.0. The van der Waals surface area contributed by atoms with E-state index in [1.807, 2.05) is 0 Å². The van der Waals surface area contributed by atoms with Crippen LogP contribution < -0.4 is 9.47 Å². The standard InChI is InChI=1S/C12H10FNO6/c1-18-7-3-5(10(15)9(13)11(7)19-2)6-4-8(12(16)17)20-14-6/h3-4,15H,1-2H3,(H,16,17). The molecular weight excluding hydrogens is 273 g/mol. The van der Waals surface area contributed by atoms with Gasteiger partial charge in [0.15, 0.2) is 11.5 Å². The van der Waals surface area contributed by atoms with E-state index >= 15 is 0 Å². The first-order valence-electron chi connectivity index (χ1n) is 5.33. The van der Waals surface area contributed by atoms with Gasteiger partial charge in [0, 0.05) is 6.07 Å². The Labute approximate surface area is 112 Å². The van der Waals surface area contributed by atoms with E-state index in [1.54, 1.807) is 0 Å². The fourth-order valence-electron chi connectivity index (χ4n) is 1.64. The van der Waals surface area contributed by atoms with Crippen LogP contribution in [0.15, 0.2) is 16.7 Å². The van der Waals surface area contributed by atoms with Gasteiger partial charge in [-0.2, -0.15) is 4.39 Å². The molecule has 0 bridgehead atoms. The summed E-state index contributed by atoms with van der Waals surface area (Å²) in [5.41, 5.74) is -0.115. The fraction of sp³-hybridized carbons (Fsp3) is 0.167. The molecule has 0 radical (unpaired) electrons. The number of methoxy groups -OCH3 is 2. The minimum atomic E-state index is -1.33. The predicted molar refractivity (Wildman–Crippen MR) is 63.6 cm³/mol. The SMILES string of the molecule is COc1cc(-c2cc(C(=O)O)on2)c(O)c(F)c1OC. The molecule has 0 unspecified atom stereocenters. The zero-order valence-corrected chi connectivity index (χ0v) is 10.5. The van der Waals surface area contributed by atoms with Crippen molar-refractivity contribution in [2.75, 3.05) is 14.2 Å². The summed E-state index contributed by atoms with van der Waals surface area (Å²) in [7, 11) is 2.52. The lowest BCUT2D eigenvalue weighted by Gasteiger charge is -2.11. The molecule has 0 aliphatic rings. The summed E-state index contributed by atoms with van der Waals surface area (Å²) in [6.45, 7) is 0. The summed E-state index contributed by atoms with van der Waals surface area (Å²) in [6.07, 6.45) is 0. The number of nitrogens with zero attached hydrogens (tertiary/aromatic N) is 1. The van der Waals surface area contributed by atoms with Crippen LogP contribution in [-0.4, -0.2) is 35.6 Å². The van der Waals surface area contributed by atoms with Crippen molar-refractivity contribution in [2.24, 2.45) is 0 Å². The minimum Gasteiger partial charge on any atom is -0.504 e. The van der Waals surface area contributed by atoms with E-state index in [-0.39, 0.29) is 22.8 Å². The van der Waals surface area contributed by atoms with Gasteiger partial charge in [-0.1, -0.05) is 5.16 Å². The van der Waals surface area contributed by atoms with E-state index in [9.17, 15) is 14.3 Å². The molecule has 2 aromatic rings. The molecule has 8 heteroatoms. The van der Waals surface area contributed by atoms with Gasteiger partial charge in [0.05, 0.1) is 19.8 Å². The monoisotopic (exact) mass is 283 g/mol. The van der Waals surface area contributed by atoms with Gasteiger partial charge in [-0.15, -0.1) is 0 Å². The number of hydrogen-bond acceptors (Lipinski definition) is 6. The van der Waals surface area contributed by atoms with Gasteiger partial charge >= 0.3 is 5.97 Å². The van der Waals surface area contributed by atoms with Crippen LogP contribution in [0.2, 0.25) is 0 Å². The molecule has 1 heterocycles. The maximum atomic E-state index is 13.9. The van der Waals surface area contributed by atoms with Crippen LogP contribution in [0, 0.1) is 5.82 Å². The average molecular weight is 283 g/mol. The van der Waals surface area contributed by atoms with Gasteiger partial charge < -0.3 is 24.2 Å². The third kappa shape index (κ3) is 2.11. The number of aromatic nitrogens is 1. The lowest BCUT2D eigenvalue weighted by Crippen LogP contribution is -1.96. The van der Waals surface area contributed by atoms with E-state index in [4.69, 9.17) is 14.6 Å². The zero-order chi connectivity index (χ0) is 14.9. The highest BCUT2D eigenvalue weighted by Gasteiger charge is 2.23. The number of carbonyl (C=O) groups is 1. The van der Waals surface area contributed by atoms with Crippen molar-refractivity contribution in [3.8, 4) is 28.5 Å². The zero-order valence-electron chi connectivity index (χ0n) is 10.5. The summed E-state index contributed by atoms with van der Waals surface area (Å²) in [5.74, 6) is -3.79. The molecule has 0 aliphatic heterocycles. The second kappa shape index (κ2) is 5.08. The second-order valence-electron chi connectivity index (χ2n) is 3.70. The molecule has 0 atom stereocenters. The van der Waals surface area contributed by atoms with Crippen molar-refractivity contribution < 1.29 is 33.4 Å². The largest absolute Gasteiger partial charge is 0.504 e. The Bertz CT molecular complexity index is 666. The van der Waals surface area contributed by atoms with E-state index < -0.39 is 23.3 Å². The molecule has 2 rings (SSSR count). The second-order valence-corrected chi connectivity index (χ2v) is 3.70. The molecule has 0 amide bonds. The molecular formula is C12H10FNO6. The number of carboxylic acids is 1. The molecule has 106 valence electrons. The number of rotatable bonds is 4. The highest BCUT2D eigenvalue weighted by Crippen LogP contribution is 2.42. The van der Waals surface area contributed by atoms with Crippen LogP contribution in [0.4, 0.5) is 4.39 Å². The number of carboxylic acid groups (broad SMARTS) is 1. The normalized spacial score (nSPS) is 10.3. The van der Waals surface area contributed by atoms with E-state index in [0.29, 0.717) is 0 Å². The van der Waals surface area contributed by atoms with Crippen LogP contribution in [0.1, 0.15) is 10.6 Å². The van der Waals surface area contributed by atoms with E-state index in [2.05, 4.69) is 9.68 Å². The quantitative estimate of drug-likeness (QED) is 0.883. The molecule has 2 N–H and O–H groups in total. The van der Waals surface area contributed by atoms with Gasteiger partial charge in [-0.05, 0) is 6.07 Å². The fourth-order valence-corrected chi connectivity index (χ4v) is 1.64. The summed E-state index contributed by atoms with van der Waals surface area (Å²) < 4.78 is 28.2. The highest BCUT2D eigenvalue weighted by atomic mass is 19.1. The number of phenols is 1. The van der Waals surface area contributed by atoms with Gasteiger partial charge in [0.1, 0.15) is 5.69 Å². The lowest BCUT2D eigenvalue weighted by atomic mass is 10.1. The molecule has 20 heavy (non-hydrogen) atoms. The molecule has 0 spiro atoms. The van der Waals surface area contributed by atoms with Gasteiger partial charge in [0.25, 0.3) is 0 Å². The van der Waals surface area contributed by atoms with Gasteiger partial charge in [-0.3, -0.25) is 0 Å². The first-order valence-corrected chi connectivity index (χ1v) is 5.33. The number of phenolic OH excluding ortho intramolecular Hbond substituents is 1. The topological polar surface area (TPSA) is 102 Å². The van der Waals surface area contributed by atoms with Crippen molar-refractivity contribution in [1.82, 2.24) is 5.16 Å². The maximum absolute atomic E-state index is 13.9. The minimum absolute atomic E-state index is 0.0256. The Morgan fingerprint density at radius 2 is 2.05 bits per heavy atom. The Morgan fingerprint density at radius 1 is 1.35 bits per heavy atom. The predicted octanol–water partition coefficient (Wildman–Crippen LogP) is 1.90. The molecule has 7 nitrogen and oxygen atoms in total. The van der Waals surface area contributed by atoms with Crippen molar-refractivity contribution in [1.29, 1.82) is 0 Å². The van der Waals surface area contributed by atoms with Crippen LogP contribution >= 0.6 is 0 Å². The smallest absolute Gasteiger partial charge is 0.374 e. The first kappa shape index (κ1) is 13.7. The Kier molecular flexibility index (Phi) is 3.47. The molecule has 0 aliphatic carbocycles. The van der Waals surface area contributed by atoms with Crippen LogP contribution in [0.5, 0.6) is 17.2 Å². The molecule has 0 fully saturated rings. The molecule has 0 saturated carbocycles. The Morgan fingerprint density at radius 3 is 2.55 bits per heavy atom. The summed E-state index contributed by atoms with van der Waals surface area (Å²) in [6, 6.07) is 2.32. The average Bonchev–Trinajstić information content (AvgIpc) is 2.91. The first-order chi connectivity index (χ1) is 9.49.